The molecule has 0 aliphatic carbocycles. The average molecular weight is 253 g/mol. The number of halogens is 3. The Morgan fingerprint density at radius 3 is 2.61 bits per heavy atom. The van der Waals surface area contributed by atoms with Gasteiger partial charge in [-0.3, -0.25) is 0 Å². The average Bonchev–Trinajstić information content (AvgIpc) is 2.26. The second kappa shape index (κ2) is 5.63. The van der Waals surface area contributed by atoms with Crippen LogP contribution < -0.4 is 0 Å². The van der Waals surface area contributed by atoms with E-state index in [-0.39, 0.29) is 5.56 Å². The first kappa shape index (κ1) is 14.2. The van der Waals surface area contributed by atoms with Crippen molar-refractivity contribution >= 4 is 0 Å². The quantitative estimate of drug-likeness (QED) is 0.443. The monoisotopic (exact) mass is 253 g/mol. The molecule has 0 saturated carbocycles. The molecule has 0 atom stereocenters. The normalized spacial score (nSPS) is 10.5. The van der Waals surface area contributed by atoms with E-state index < -0.39 is 11.7 Å². The second-order valence-electron chi connectivity index (χ2n) is 3.95. The summed E-state index contributed by atoms with van der Waals surface area (Å²) in [5.74, 6) is 2.54. The van der Waals surface area contributed by atoms with Crippen LogP contribution in [0.3, 0.4) is 0 Å². The van der Waals surface area contributed by atoms with Crippen LogP contribution >= 0.6 is 0 Å². The number of benzene rings is 1. The lowest BCUT2D eigenvalue weighted by Gasteiger charge is -2.10. The Balaban J connectivity index is 3.13. The smallest absolute Gasteiger partial charge is 0.332 e. The van der Waals surface area contributed by atoms with E-state index in [2.05, 4.69) is 18.5 Å². The van der Waals surface area contributed by atoms with Gasteiger partial charge in [0, 0.05) is 25.2 Å². The second-order valence-corrected chi connectivity index (χ2v) is 3.95. The van der Waals surface area contributed by atoms with E-state index in [1.165, 1.54) is 6.07 Å². The summed E-state index contributed by atoms with van der Waals surface area (Å²) in [4.78, 5) is 1.58. The van der Waals surface area contributed by atoms with E-state index in [0.29, 0.717) is 12.1 Å². The number of rotatable bonds is 2. The summed E-state index contributed by atoms with van der Waals surface area (Å²) in [6.45, 7) is 5.66. The molecule has 0 saturated heterocycles. The minimum Gasteiger partial charge on any atom is -0.332 e. The van der Waals surface area contributed by atoms with E-state index in [0.717, 1.165) is 6.07 Å². The summed E-state index contributed by atoms with van der Waals surface area (Å²) in [7, 11) is 1.69. The number of likely N-dealkylation sites (N-methyl/N-ethyl adjacent to an activating group) is 1. The van der Waals surface area contributed by atoms with Crippen molar-refractivity contribution in [2.45, 2.75) is 13.1 Å². The number of alkyl halides is 3. The van der Waals surface area contributed by atoms with Gasteiger partial charge in [0.1, 0.15) is 0 Å². The maximum absolute atomic E-state index is 12.8. The van der Waals surface area contributed by atoms with Gasteiger partial charge < -0.3 is 4.90 Å². The highest BCUT2D eigenvalue weighted by molar-refractivity contribution is 5.44. The molecule has 0 N–H and O–H groups in total. The van der Waals surface area contributed by atoms with Crippen LogP contribution in [0.25, 0.3) is 0 Å². The largest absolute Gasteiger partial charge is 0.417 e. The Kier molecular flexibility index (Phi) is 4.43. The van der Waals surface area contributed by atoms with Crippen molar-refractivity contribution in [1.82, 2.24) is 4.90 Å². The van der Waals surface area contributed by atoms with Gasteiger partial charge in [-0.25, -0.2) is 0 Å². The molecule has 1 nitrogen and oxygen atoms in total. The highest BCUT2D eigenvalue weighted by atomic mass is 19.4. The van der Waals surface area contributed by atoms with E-state index in [4.69, 9.17) is 0 Å². The van der Waals surface area contributed by atoms with Gasteiger partial charge in [0.2, 0.25) is 0 Å². The first-order chi connectivity index (χ1) is 8.34. The standard InChI is InChI=1S/C14H14F3N/c1-4-8-18(3)9-7-12-6-5-11(2)10-13(12)14(15,16)17/h4-6,10H,1,8H2,2-3H3. The SMILES string of the molecule is C=CCN(C)C#Cc1ccc(C)cc1C(F)(F)F. The van der Waals surface area contributed by atoms with Crippen LogP contribution in [0.1, 0.15) is 16.7 Å². The summed E-state index contributed by atoms with van der Waals surface area (Å²) < 4.78 is 38.4. The van der Waals surface area contributed by atoms with Gasteiger partial charge in [-0.15, -0.1) is 6.58 Å². The van der Waals surface area contributed by atoms with E-state index in [1.54, 1.807) is 31.0 Å². The van der Waals surface area contributed by atoms with Gasteiger partial charge in [-0.2, -0.15) is 13.2 Å². The number of hydrogen-bond acceptors (Lipinski definition) is 1. The highest BCUT2D eigenvalue weighted by Crippen LogP contribution is 2.32. The van der Waals surface area contributed by atoms with E-state index in [9.17, 15) is 13.2 Å². The minimum absolute atomic E-state index is 0.0102. The number of hydrogen-bond donors (Lipinski definition) is 0. The molecular weight excluding hydrogens is 239 g/mol. The molecule has 1 aromatic carbocycles. The molecular formula is C14H14F3N. The first-order valence-electron chi connectivity index (χ1n) is 5.36. The van der Waals surface area contributed by atoms with Crippen LogP contribution in [0.5, 0.6) is 0 Å². The summed E-state index contributed by atoms with van der Waals surface area (Å²) in [6, 6.07) is 6.77. The van der Waals surface area contributed by atoms with Gasteiger partial charge in [-0.05, 0) is 25.0 Å². The highest BCUT2D eigenvalue weighted by Gasteiger charge is 2.33. The molecule has 0 amide bonds. The lowest BCUT2D eigenvalue weighted by molar-refractivity contribution is -0.137. The molecule has 1 aromatic rings. The zero-order chi connectivity index (χ0) is 13.8. The fraction of sp³-hybridized carbons (Fsp3) is 0.286. The Bertz CT molecular complexity index is 492. The third-order valence-electron chi connectivity index (χ3n) is 2.26. The van der Waals surface area contributed by atoms with E-state index >= 15 is 0 Å². The van der Waals surface area contributed by atoms with Crippen LogP contribution in [0.2, 0.25) is 0 Å². The topological polar surface area (TPSA) is 3.24 Å². The summed E-state index contributed by atoms with van der Waals surface area (Å²) in [6.07, 6.45) is -2.75. The summed E-state index contributed by atoms with van der Waals surface area (Å²) in [5, 5.41) is 0. The van der Waals surface area contributed by atoms with Crippen LogP contribution in [0.4, 0.5) is 13.2 Å². The molecule has 0 heterocycles. The summed E-state index contributed by atoms with van der Waals surface area (Å²) in [5.41, 5.74) is -0.140. The molecule has 0 spiro atoms. The molecule has 0 unspecified atom stereocenters. The Morgan fingerprint density at radius 1 is 1.39 bits per heavy atom. The van der Waals surface area contributed by atoms with Crippen molar-refractivity contribution in [2.75, 3.05) is 13.6 Å². The van der Waals surface area contributed by atoms with Gasteiger partial charge >= 0.3 is 6.18 Å². The van der Waals surface area contributed by atoms with Gasteiger partial charge in [0.15, 0.2) is 0 Å². The Labute approximate surface area is 105 Å². The molecule has 0 aromatic heterocycles. The third kappa shape index (κ3) is 3.85. The molecule has 0 bridgehead atoms. The van der Waals surface area contributed by atoms with Crippen molar-refractivity contribution in [3.8, 4) is 12.0 Å². The van der Waals surface area contributed by atoms with Gasteiger partial charge in [0.25, 0.3) is 0 Å². The van der Waals surface area contributed by atoms with E-state index in [1.807, 2.05) is 0 Å². The molecule has 0 aliphatic rings. The zero-order valence-corrected chi connectivity index (χ0v) is 10.3. The predicted molar refractivity (Wildman–Crippen MR) is 65.9 cm³/mol. The third-order valence-corrected chi connectivity index (χ3v) is 2.26. The van der Waals surface area contributed by atoms with Crippen LogP contribution in [-0.4, -0.2) is 18.5 Å². The molecule has 0 radical (unpaired) electrons. The van der Waals surface area contributed by atoms with Crippen molar-refractivity contribution in [3.05, 3.63) is 47.5 Å². The molecule has 0 fully saturated rings. The molecule has 18 heavy (non-hydrogen) atoms. The predicted octanol–water partition coefficient (Wildman–Crippen LogP) is 3.44. The molecule has 96 valence electrons. The maximum atomic E-state index is 12.8. The zero-order valence-electron chi connectivity index (χ0n) is 10.3. The summed E-state index contributed by atoms with van der Waals surface area (Å²) >= 11 is 0. The first-order valence-corrected chi connectivity index (χ1v) is 5.36. The lowest BCUT2D eigenvalue weighted by atomic mass is 10.0. The minimum atomic E-state index is -4.38. The van der Waals surface area contributed by atoms with Crippen molar-refractivity contribution in [3.63, 3.8) is 0 Å². The van der Waals surface area contributed by atoms with Crippen LogP contribution in [0.15, 0.2) is 30.9 Å². The lowest BCUT2D eigenvalue weighted by Crippen LogP contribution is -2.11. The van der Waals surface area contributed by atoms with Crippen molar-refractivity contribution < 1.29 is 13.2 Å². The van der Waals surface area contributed by atoms with Crippen LogP contribution in [0, 0.1) is 18.9 Å². The van der Waals surface area contributed by atoms with Crippen molar-refractivity contribution in [1.29, 1.82) is 0 Å². The van der Waals surface area contributed by atoms with Crippen LogP contribution in [-0.2, 0) is 6.18 Å². The molecule has 4 heteroatoms. The van der Waals surface area contributed by atoms with Crippen molar-refractivity contribution in [2.24, 2.45) is 0 Å². The fourth-order valence-corrected chi connectivity index (χ4v) is 1.40. The Hall–Kier alpha value is -1.89. The fourth-order valence-electron chi connectivity index (χ4n) is 1.40. The number of nitrogens with zero attached hydrogens (tertiary/aromatic N) is 1. The Morgan fingerprint density at radius 2 is 2.06 bits per heavy atom. The molecule has 1 rings (SSSR count). The number of aryl methyl sites for hydroxylation is 1. The maximum Gasteiger partial charge on any atom is 0.417 e. The van der Waals surface area contributed by atoms with Gasteiger partial charge in [-0.1, -0.05) is 17.7 Å². The molecule has 0 aliphatic heterocycles. The van der Waals surface area contributed by atoms with Gasteiger partial charge in [0.05, 0.1) is 5.56 Å².